The molecule has 5 aliphatic rings. The van der Waals surface area contributed by atoms with Crippen LogP contribution in [-0.2, 0) is 28.2 Å². The van der Waals surface area contributed by atoms with Gasteiger partial charge in [0.2, 0.25) is 17.8 Å². The van der Waals surface area contributed by atoms with Crippen molar-refractivity contribution < 1.29 is 23.5 Å². The smallest absolute Gasteiger partial charge is 0.278 e. The standard InChI is InChI=1S/C47H54F2N12O4/c1-2-47(65)19-15-30-3-13-40(53-42(30)47)61-43-37(45(64)60(61)22-18-39(48)49)27-50-46(55-43)52-32-6-8-33(9-7-32)57-23-25-58(26-24-57)35-16-20-56(21-17-35)36-28-59(29-36)34-10-4-31(5-11-34)51-38-12-14-41(62)54-44(38)63/h3-11,13,18,27,35-36,38,51,65H,2,12,14-17,19-26,28-29H2,1H3,(H,50,52,55)(H,54,62,63)/t38?,47-/m1/s1. The fraction of sp³-hybridized carbons (Fsp3) is 0.447. The number of imide groups is 1. The molecular weight excluding hydrogens is 835 g/mol. The van der Waals surface area contributed by atoms with E-state index in [4.69, 9.17) is 9.97 Å². The van der Waals surface area contributed by atoms with Gasteiger partial charge in [-0.3, -0.25) is 29.5 Å². The topological polar surface area (TPSA) is 169 Å². The third-order valence-electron chi connectivity index (χ3n) is 14.1. The number of halogens is 2. The summed E-state index contributed by atoms with van der Waals surface area (Å²) >= 11 is 0. The second-order valence-electron chi connectivity index (χ2n) is 17.9. The van der Waals surface area contributed by atoms with Gasteiger partial charge in [-0.15, -0.1) is 0 Å². The molecule has 10 rings (SSSR count). The lowest BCUT2D eigenvalue weighted by molar-refractivity contribution is -0.133. The van der Waals surface area contributed by atoms with Crippen LogP contribution in [0.1, 0.15) is 56.7 Å². The van der Waals surface area contributed by atoms with Crippen LogP contribution in [-0.4, -0.2) is 122 Å². The van der Waals surface area contributed by atoms with E-state index in [1.54, 1.807) is 6.07 Å². The molecule has 1 unspecified atom stereocenters. The fourth-order valence-electron chi connectivity index (χ4n) is 10.2. The van der Waals surface area contributed by atoms with Gasteiger partial charge in [-0.2, -0.15) is 13.8 Å². The number of benzene rings is 2. The number of carbonyl (C=O) groups excluding carboxylic acids is 2. The summed E-state index contributed by atoms with van der Waals surface area (Å²) in [6.45, 7) is 9.63. The first-order valence-electron chi connectivity index (χ1n) is 22.8. The molecule has 16 nitrogen and oxygen atoms in total. The Labute approximate surface area is 374 Å². The second kappa shape index (κ2) is 17.6. The van der Waals surface area contributed by atoms with Gasteiger partial charge in [0.05, 0.1) is 12.2 Å². The molecule has 4 saturated heterocycles. The van der Waals surface area contributed by atoms with Crippen LogP contribution in [0.4, 0.5) is 37.5 Å². The van der Waals surface area contributed by atoms with E-state index in [1.807, 2.05) is 37.3 Å². The Balaban J connectivity index is 0.718. The lowest BCUT2D eigenvalue weighted by Gasteiger charge is -2.50. The molecule has 0 bridgehead atoms. The van der Waals surface area contributed by atoms with Gasteiger partial charge in [0, 0.05) is 106 Å². The third kappa shape index (κ3) is 8.57. The number of fused-ring (bicyclic) bond motifs is 2. The number of likely N-dealkylation sites (tertiary alicyclic amines) is 1. The van der Waals surface area contributed by atoms with Gasteiger partial charge in [0.1, 0.15) is 17.0 Å². The Kier molecular flexibility index (Phi) is 11.6. The second-order valence-corrected chi connectivity index (χ2v) is 17.9. The van der Waals surface area contributed by atoms with Crippen LogP contribution < -0.4 is 31.3 Å². The van der Waals surface area contributed by atoms with E-state index in [1.165, 1.54) is 29.4 Å². The van der Waals surface area contributed by atoms with Crippen LogP contribution in [0.2, 0.25) is 0 Å². The molecule has 18 heteroatoms. The number of hydrogen-bond acceptors (Lipinski definition) is 13. The zero-order chi connectivity index (χ0) is 44.8. The molecule has 4 aliphatic heterocycles. The molecular formula is C47H54F2N12O4. The maximum Gasteiger partial charge on any atom is 0.278 e. The average Bonchev–Trinajstić information content (AvgIpc) is 3.79. The number of aromatic nitrogens is 5. The number of piperidine rings is 2. The van der Waals surface area contributed by atoms with Gasteiger partial charge in [-0.1, -0.05) is 13.0 Å². The minimum absolute atomic E-state index is 0.158. The minimum atomic E-state index is -1.91. The van der Waals surface area contributed by atoms with Crippen molar-refractivity contribution in [2.24, 2.45) is 0 Å². The van der Waals surface area contributed by atoms with Crippen molar-refractivity contribution in [2.75, 3.05) is 72.8 Å². The van der Waals surface area contributed by atoms with E-state index < -0.39 is 23.8 Å². The summed E-state index contributed by atoms with van der Waals surface area (Å²) in [5, 5.41) is 20.3. The molecule has 2 atom stereocenters. The highest BCUT2D eigenvalue weighted by Crippen LogP contribution is 2.39. The molecule has 0 saturated carbocycles. The molecule has 340 valence electrons. The van der Waals surface area contributed by atoms with Crippen molar-refractivity contribution in [1.82, 2.24) is 39.4 Å². The van der Waals surface area contributed by atoms with Crippen LogP contribution >= 0.6 is 0 Å². The Hall–Kier alpha value is -6.24. The maximum absolute atomic E-state index is 13.5. The van der Waals surface area contributed by atoms with Crippen molar-refractivity contribution in [2.45, 2.75) is 82.1 Å². The Morgan fingerprint density at radius 3 is 2.22 bits per heavy atom. The summed E-state index contributed by atoms with van der Waals surface area (Å²) in [5.74, 6) is 0.0521. The number of aryl methyl sites for hydroxylation is 1. The van der Waals surface area contributed by atoms with E-state index in [2.05, 4.69) is 64.8 Å². The summed E-state index contributed by atoms with van der Waals surface area (Å²) < 4.78 is 29.2. The van der Waals surface area contributed by atoms with Crippen molar-refractivity contribution in [1.29, 1.82) is 0 Å². The number of nitrogens with zero attached hydrogens (tertiary/aromatic N) is 9. The van der Waals surface area contributed by atoms with Crippen molar-refractivity contribution in [3.8, 4) is 5.82 Å². The molecule has 0 radical (unpaired) electrons. The van der Waals surface area contributed by atoms with Crippen LogP contribution in [0, 0.1) is 0 Å². The molecule has 4 fully saturated rings. The lowest BCUT2D eigenvalue weighted by atomic mass is 9.97. The SMILES string of the molecule is CC[C@@]1(O)CCc2ccc(-n3c4nc(Nc5ccc(N6CCN(C7CCN(C8CN(c9ccc(NC%10CCC(=O)NC%10=O)cc9)C8)CC7)CC6)cc5)ncc4c(=O)n3CC=C(F)F)nc21. The van der Waals surface area contributed by atoms with Gasteiger partial charge in [0.15, 0.2) is 11.5 Å². The summed E-state index contributed by atoms with van der Waals surface area (Å²) in [4.78, 5) is 61.2. The van der Waals surface area contributed by atoms with Gasteiger partial charge >= 0.3 is 0 Å². The number of rotatable bonds is 12. The monoisotopic (exact) mass is 888 g/mol. The number of allylic oxidation sites excluding steroid dienone is 1. The number of anilines is 5. The molecule has 2 aromatic carbocycles. The Morgan fingerprint density at radius 1 is 0.831 bits per heavy atom. The highest BCUT2D eigenvalue weighted by molar-refractivity contribution is 6.01. The largest absolute Gasteiger partial charge is 0.384 e. The van der Waals surface area contributed by atoms with Crippen molar-refractivity contribution >= 4 is 51.5 Å². The van der Waals surface area contributed by atoms with E-state index in [0.717, 1.165) is 79.7 Å². The van der Waals surface area contributed by atoms with Gasteiger partial charge in [-0.05, 0) is 98.7 Å². The predicted molar refractivity (Wildman–Crippen MR) is 244 cm³/mol. The van der Waals surface area contributed by atoms with Crippen molar-refractivity contribution in [3.05, 3.63) is 101 Å². The van der Waals surface area contributed by atoms with Crippen molar-refractivity contribution in [3.63, 3.8) is 0 Å². The summed E-state index contributed by atoms with van der Waals surface area (Å²) in [7, 11) is 0. The number of carbonyl (C=O) groups is 2. The van der Waals surface area contributed by atoms with Crippen LogP contribution in [0.5, 0.6) is 0 Å². The number of piperazine rings is 1. The van der Waals surface area contributed by atoms with Crippen LogP contribution in [0.15, 0.2) is 83.8 Å². The highest BCUT2D eigenvalue weighted by atomic mass is 19.3. The van der Waals surface area contributed by atoms with E-state index in [9.17, 15) is 28.3 Å². The predicted octanol–water partition coefficient (Wildman–Crippen LogP) is 4.74. The first-order valence-corrected chi connectivity index (χ1v) is 22.8. The summed E-state index contributed by atoms with van der Waals surface area (Å²) in [6, 6.07) is 20.7. The Bertz CT molecular complexity index is 2660. The van der Waals surface area contributed by atoms with E-state index >= 15 is 0 Å². The molecule has 1 aliphatic carbocycles. The first kappa shape index (κ1) is 42.7. The molecule has 65 heavy (non-hydrogen) atoms. The highest BCUT2D eigenvalue weighted by Gasteiger charge is 2.38. The zero-order valence-electron chi connectivity index (χ0n) is 36.4. The number of nitrogens with one attached hydrogen (secondary N) is 3. The van der Waals surface area contributed by atoms with Crippen LogP contribution in [0.3, 0.4) is 0 Å². The number of amides is 2. The number of hydrogen-bond donors (Lipinski definition) is 4. The first-order chi connectivity index (χ1) is 31.5. The fourth-order valence-corrected chi connectivity index (χ4v) is 10.2. The average molecular weight is 889 g/mol. The molecule has 2 amide bonds. The molecule has 3 aromatic heterocycles. The molecule has 7 heterocycles. The quantitative estimate of drug-likeness (QED) is 0.127. The van der Waals surface area contributed by atoms with E-state index in [0.29, 0.717) is 61.8 Å². The normalized spacial score (nSPS) is 22.2. The van der Waals surface area contributed by atoms with Gasteiger partial charge in [-0.25, -0.2) is 19.3 Å². The maximum atomic E-state index is 13.5. The summed E-state index contributed by atoms with van der Waals surface area (Å²) in [6.07, 6.45) is 5.04. The van der Waals surface area contributed by atoms with Gasteiger partial charge < -0.3 is 25.5 Å². The molecule has 0 spiro atoms. The van der Waals surface area contributed by atoms with Gasteiger partial charge in [0.25, 0.3) is 11.6 Å². The number of pyridine rings is 1. The van der Waals surface area contributed by atoms with E-state index in [-0.39, 0.29) is 34.8 Å². The Morgan fingerprint density at radius 2 is 1.52 bits per heavy atom. The minimum Gasteiger partial charge on any atom is -0.384 e. The number of aliphatic hydroxyl groups is 1. The molecule has 4 N–H and O–H groups in total. The van der Waals surface area contributed by atoms with Crippen LogP contribution in [0.25, 0.3) is 16.9 Å². The summed E-state index contributed by atoms with van der Waals surface area (Å²) in [5.41, 5.74) is 3.97. The molecule has 5 aromatic rings. The third-order valence-corrected chi connectivity index (χ3v) is 14.1. The lowest BCUT2D eigenvalue weighted by Crippen LogP contribution is -2.62. The zero-order valence-corrected chi connectivity index (χ0v) is 36.4.